The second-order valence-electron chi connectivity index (χ2n) is 7.02. The van der Waals surface area contributed by atoms with Gasteiger partial charge >= 0.3 is 0 Å². The smallest absolute Gasteiger partial charge is 0.260 e. The molecule has 0 aliphatic carbocycles. The van der Waals surface area contributed by atoms with Crippen molar-refractivity contribution in [2.75, 3.05) is 32.1 Å². The standard InChI is InChI=1S/C22H19F2N3OS/c1-26(2)10-11-27(22-25-20-18(24)12-15(23)13-19(20)29-22)21(28)17-9-5-7-14-6-3-4-8-16(14)17/h3-9,12-13H,10-11H2,1-2H3. The van der Waals surface area contributed by atoms with Crippen LogP contribution < -0.4 is 4.90 Å². The van der Waals surface area contributed by atoms with Crippen LogP contribution in [0.4, 0.5) is 13.9 Å². The third kappa shape index (κ3) is 3.83. The fourth-order valence-corrected chi connectivity index (χ4v) is 4.23. The zero-order valence-corrected chi connectivity index (χ0v) is 16.8. The van der Waals surface area contributed by atoms with Gasteiger partial charge in [0, 0.05) is 24.7 Å². The minimum Gasteiger partial charge on any atom is -0.308 e. The molecule has 148 valence electrons. The maximum Gasteiger partial charge on any atom is 0.260 e. The molecule has 0 saturated heterocycles. The molecule has 0 aliphatic heterocycles. The summed E-state index contributed by atoms with van der Waals surface area (Å²) in [6, 6.07) is 15.3. The lowest BCUT2D eigenvalue weighted by molar-refractivity contribution is 0.0987. The number of aromatic nitrogens is 1. The Morgan fingerprint density at radius 1 is 1.03 bits per heavy atom. The number of fused-ring (bicyclic) bond motifs is 2. The van der Waals surface area contributed by atoms with Gasteiger partial charge in [0.05, 0.1) is 4.70 Å². The molecule has 1 heterocycles. The van der Waals surface area contributed by atoms with Crippen molar-refractivity contribution in [3.05, 3.63) is 71.8 Å². The van der Waals surface area contributed by atoms with Crippen LogP contribution in [0.5, 0.6) is 0 Å². The summed E-state index contributed by atoms with van der Waals surface area (Å²) in [5.74, 6) is -1.61. The minimum absolute atomic E-state index is 0.0759. The number of carbonyl (C=O) groups excluding carboxylic acids is 1. The Kier molecular flexibility index (Phi) is 5.25. The predicted octanol–water partition coefficient (Wildman–Crippen LogP) is 4.94. The first-order valence-electron chi connectivity index (χ1n) is 9.14. The predicted molar refractivity (Wildman–Crippen MR) is 114 cm³/mol. The van der Waals surface area contributed by atoms with E-state index in [0.29, 0.717) is 28.5 Å². The molecule has 0 N–H and O–H groups in total. The summed E-state index contributed by atoms with van der Waals surface area (Å²) in [6.45, 7) is 0.974. The molecular weight excluding hydrogens is 392 g/mol. The van der Waals surface area contributed by atoms with Crippen molar-refractivity contribution in [2.45, 2.75) is 0 Å². The number of benzene rings is 3. The number of carbonyl (C=O) groups is 1. The van der Waals surface area contributed by atoms with Gasteiger partial charge in [-0.15, -0.1) is 0 Å². The lowest BCUT2D eigenvalue weighted by Gasteiger charge is -2.22. The third-order valence-electron chi connectivity index (χ3n) is 4.67. The molecule has 0 unspecified atom stereocenters. The maximum atomic E-state index is 14.2. The number of amides is 1. The first-order chi connectivity index (χ1) is 13.9. The molecule has 4 nitrogen and oxygen atoms in total. The number of rotatable bonds is 5. The fourth-order valence-electron chi connectivity index (χ4n) is 3.20. The molecular formula is C22H19F2N3OS. The summed E-state index contributed by atoms with van der Waals surface area (Å²) in [6.07, 6.45) is 0. The van der Waals surface area contributed by atoms with Gasteiger partial charge < -0.3 is 4.90 Å². The topological polar surface area (TPSA) is 36.4 Å². The number of thiazole rings is 1. The quantitative estimate of drug-likeness (QED) is 0.467. The summed E-state index contributed by atoms with van der Waals surface area (Å²) in [4.78, 5) is 21.3. The van der Waals surface area contributed by atoms with Gasteiger partial charge in [-0.1, -0.05) is 47.7 Å². The van der Waals surface area contributed by atoms with Gasteiger partial charge in [-0.3, -0.25) is 9.69 Å². The molecule has 1 amide bonds. The Bertz CT molecular complexity index is 1200. The molecule has 3 aromatic carbocycles. The molecule has 0 saturated carbocycles. The molecule has 0 bridgehead atoms. The van der Waals surface area contributed by atoms with Crippen LogP contribution in [0.2, 0.25) is 0 Å². The molecule has 0 radical (unpaired) electrons. The van der Waals surface area contributed by atoms with Crippen molar-refractivity contribution in [3.63, 3.8) is 0 Å². The Labute approximate surface area is 171 Å². The van der Waals surface area contributed by atoms with Gasteiger partial charge in [0.15, 0.2) is 10.9 Å². The normalized spacial score (nSPS) is 11.5. The first-order valence-corrected chi connectivity index (χ1v) is 9.95. The molecule has 0 atom stereocenters. The second kappa shape index (κ2) is 7.85. The van der Waals surface area contributed by atoms with Crippen LogP contribution in [-0.4, -0.2) is 43.0 Å². The van der Waals surface area contributed by atoms with E-state index in [1.807, 2.05) is 55.4 Å². The zero-order valence-electron chi connectivity index (χ0n) is 16.0. The van der Waals surface area contributed by atoms with E-state index in [9.17, 15) is 13.6 Å². The average molecular weight is 411 g/mol. The summed E-state index contributed by atoms with van der Waals surface area (Å²) in [7, 11) is 3.82. The Hall–Kier alpha value is -2.90. The van der Waals surface area contributed by atoms with Gasteiger partial charge in [0.2, 0.25) is 0 Å². The average Bonchev–Trinajstić information content (AvgIpc) is 3.11. The van der Waals surface area contributed by atoms with E-state index in [4.69, 9.17) is 0 Å². The van der Waals surface area contributed by atoms with Crippen LogP contribution >= 0.6 is 11.3 Å². The van der Waals surface area contributed by atoms with E-state index in [0.717, 1.165) is 28.2 Å². The molecule has 4 rings (SSSR count). The Balaban J connectivity index is 1.81. The fraction of sp³-hybridized carbons (Fsp3) is 0.182. The molecule has 4 aromatic rings. The highest BCUT2D eigenvalue weighted by Gasteiger charge is 2.24. The lowest BCUT2D eigenvalue weighted by atomic mass is 10.0. The van der Waals surface area contributed by atoms with Crippen molar-refractivity contribution < 1.29 is 13.6 Å². The number of halogens is 2. The van der Waals surface area contributed by atoms with Gasteiger partial charge in [0.1, 0.15) is 11.3 Å². The van der Waals surface area contributed by atoms with E-state index in [-0.39, 0.29) is 11.4 Å². The third-order valence-corrected chi connectivity index (χ3v) is 5.69. The number of likely N-dealkylation sites (N-methyl/N-ethyl adjacent to an activating group) is 1. The molecule has 1 aromatic heterocycles. The summed E-state index contributed by atoms with van der Waals surface area (Å²) < 4.78 is 28.1. The molecule has 7 heteroatoms. The van der Waals surface area contributed by atoms with E-state index < -0.39 is 11.6 Å². The Morgan fingerprint density at radius 2 is 1.79 bits per heavy atom. The first kappa shape index (κ1) is 19.4. The SMILES string of the molecule is CN(C)CCN(C(=O)c1cccc2ccccc12)c1nc2c(F)cc(F)cc2s1. The minimum atomic E-state index is -0.729. The summed E-state index contributed by atoms with van der Waals surface area (Å²) >= 11 is 1.11. The van der Waals surface area contributed by atoms with Gasteiger partial charge in [-0.2, -0.15) is 0 Å². The Morgan fingerprint density at radius 3 is 2.59 bits per heavy atom. The van der Waals surface area contributed by atoms with Crippen molar-refractivity contribution in [1.29, 1.82) is 0 Å². The van der Waals surface area contributed by atoms with Crippen molar-refractivity contribution in [2.24, 2.45) is 0 Å². The maximum absolute atomic E-state index is 14.2. The van der Waals surface area contributed by atoms with Crippen LogP contribution in [0.1, 0.15) is 10.4 Å². The van der Waals surface area contributed by atoms with Gasteiger partial charge in [0.25, 0.3) is 5.91 Å². The number of anilines is 1. The monoisotopic (exact) mass is 411 g/mol. The van der Waals surface area contributed by atoms with Crippen LogP contribution in [0.3, 0.4) is 0 Å². The second-order valence-corrected chi connectivity index (χ2v) is 8.03. The van der Waals surface area contributed by atoms with Crippen LogP contribution in [0, 0.1) is 11.6 Å². The summed E-state index contributed by atoms with van der Waals surface area (Å²) in [5.41, 5.74) is 0.625. The molecule has 0 spiro atoms. The van der Waals surface area contributed by atoms with Gasteiger partial charge in [-0.25, -0.2) is 13.8 Å². The van der Waals surface area contributed by atoms with Crippen LogP contribution in [0.15, 0.2) is 54.6 Å². The molecule has 0 aliphatic rings. The highest BCUT2D eigenvalue weighted by atomic mass is 32.1. The summed E-state index contributed by atoms with van der Waals surface area (Å²) in [5, 5.41) is 2.15. The van der Waals surface area contributed by atoms with E-state index in [1.54, 1.807) is 11.0 Å². The van der Waals surface area contributed by atoms with Crippen molar-refractivity contribution in [3.8, 4) is 0 Å². The zero-order chi connectivity index (χ0) is 20.5. The number of hydrogen-bond acceptors (Lipinski definition) is 4. The number of nitrogens with zero attached hydrogens (tertiary/aromatic N) is 3. The van der Waals surface area contributed by atoms with Crippen molar-refractivity contribution in [1.82, 2.24) is 9.88 Å². The lowest BCUT2D eigenvalue weighted by Crippen LogP contribution is -2.36. The van der Waals surface area contributed by atoms with E-state index >= 15 is 0 Å². The largest absolute Gasteiger partial charge is 0.308 e. The van der Waals surface area contributed by atoms with E-state index in [2.05, 4.69) is 4.98 Å². The highest BCUT2D eigenvalue weighted by Crippen LogP contribution is 2.32. The number of hydrogen-bond donors (Lipinski definition) is 0. The van der Waals surface area contributed by atoms with Gasteiger partial charge in [-0.05, 0) is 37.0 Å². The van der Waals surface area contributed by atoms with E-state index in [1.165, 1.54) is 6.07 Å². The van der Waals surface area contributed by atoms with Crippen LogP contribution in [-0.2, 0) is 0 Å². The van der Waals surface area contributed by atoms with Crippen molar-refractivity contribution >= 4 is 43.4 Å². The molecule has 29 heavy (non-hydrogen) atoms. The molecule has 0 fully saturated rings. The highest BCUT2D eigenvalue weighted by molar-refractivity contribution is 7.22. The van der Waals surface area contributed by atoms with Crippen LogP contribution in [0.25, 0.3) is 21.0 Å².